The van der Waals surface area contributed by atoms with Crippen LogP contribution in [0.15, 0.2) is 23.6 Å². The predicted molar refractivity (Wildman–Crippen MR) is 105 cm³/mol. The molecule has 1 fully saturated rings. The largest absolute Gasteiger partial charge is 0.348 e. The van der Waals surface area contributed by atoms with E-state index in [9.17, 15) is 19.2 Å². The number of aromatic nitrogens is 1. The lowest BCUT2D eigenvalue weighted by Gasteiger charge is -2.14. The van der Waals surface area contributed by atoms with Gasteiger partial charge in [0, 0.05) is 34.9 Å². The van der Waals surface area contributed by atoms with E-state index in [1.807, 2.05) is 32.2 Å². The van der Waals surface area contributed by atoms with E-state index in [2.05, 4.69) is 10.6 Å². The summed E-state index contributed by atoms with van der Waals surface area (Å²) in [6, 6.07) is 5.16. The average molecular weight is 401 g/mol. The van der Waals surface area contributed by atoms with Crippen LogP contribution in [0.5, 0.6) is 0 Å². The van der Waals surface area contributed by atoms with Gasteiger partial charge < -0.3 is 4.57 Å². The first-order chi connectivity index (χ1) is 13.3. The van der Waals surface area contributed by atoms with Gasteiger partial charge in [-0.2, -0.15) is 0 Å². The number of aryl methyl sites for hydroxylation is 2. The number of thiophene rings is 1. The van der Waals surface area contributed by atoms with Gasteiger partial charge in [0.2, 0.25) is 0 Å². The number of hydrogen-bond donors (Lipinski definition) is 0. The molecule has 3 heterocycles. The van der Waals surface area contributed by atoms with Gasteiger partial charge in [-0.05, 0) is 44.2 Å². The molecular weight excluding hydrogens is 378 g/mol. The highest BCUT2D eigenvalue weighted by Crippen LogP contribution is 2.20. The summed E-state index contributed by atoms with van der Waals surface area (Å²) >= 11 is 1.69. The van der Waals surface area contributed by atoms with Crippen molar-refractivity contribution in [3.8, 4) is 0 Å². The van der Waals surface area contributed by atoms with Gasteiger partial charge in [-0.25, -0.2) is 9.69 Å². The minimum atomic E-state index is -0.932. The molecule has 0 radical (unpaired) electrons. The molecule has 28 heavy (non-hydrogen) atoms. The lowest BCUT2D eigenvalue weighted by molar-refractivity contribution is -0.143. The lowest BCUT2D eigenvalue weighted by Crippen LogP contribution is -2.37. The van der Waals surface area contributed by atoms with Crippen molar-refractivity contribution < 1.29 is 19.2 Å². The Labute approximate surface area is 167 Å². The second-order valence-electron chi connectivity index (χ2n) is 6.82. The summed E-state index contributed by atoms with van der Waals surface area (Å²) in [6.45, 7) is 6.09. The zero-order chi connectivity index (χ0) is 20.4. The van der Waals surface area contributed by atoms with Crippen LogP contribution < -0.4 is 0 Å². The topological polar surface area (TPSA) is 79.7 Å². The molecule has 1 aliphatic heterocycles. The van der Waals surface area contributed by atoms with Gasteiger partial charge >= 0.3 is 17.8 Å². The van der Waals surface area contributed by atoms with E-state index in [1.54, 1.807) is 17.4 Å². The third kappa shape index (κ3) is 3.64. The van der Waals surface area contributed by atoms with Gasteiger partial charge in [0.25, 0.3) is 0 Å². The molecule has 0 aromatic carbocycles. The van der Waals surface area contributed by atoms with Crippen molar-refractivity contribution in [1.29, 1.82) is 0 Å². The van der Waals surface area contributed by atoms with Crippen molar-refractivity contribution >= 4 is 35.0 Å². The van der Waals surface area contributed by atoms with Gasteiger partial charge in [0.05, 0.1) is 6.54 Å². The summed E-state index contributed by atoms with van der Waals surface area (Å²) in [4.78, 5) is 52.1. The van der Waals surface area contributed by atoms with Crippen molar-refractivity contribution in [2.45, 2.75) is 40.2 Å². The molecule has 1 aliphatic rings. The minimum absolute atomic E-state index is 0.172. The Bertz CT molecular complexity index is 930. The second kappa shape index (κ2) is 8.10. The molecule has 0 saturated carbocycles. The fraction of sp³-hybridized carbons (Fsp3) is 0.400. The van der Waals surface area contributed by atoms with Crippen LogP contribution >= 0.6 is 11.3 Å². The molecule has 0 unspecified atom stereocenters. The smallest absolute Gasteiger partial charge is 0.334 e. The van der Waals surface area contributed by atoms with E-state index in [-0.39, 0.29) is 12.3 Å². The van der Waals surface area contributed by atoms with Crippen molar-refractivity contribution in [2.75, 3.05) is 13.1 Å². The Morgan fingerprint density at radius 1 is 1.07 bits per heavy atom. The quantitative estimate of drug-likeness (QED) is 0.387. The number of ketones is 1. The van der Waals surface area contributed by atoms with Crippen molar-refractivity contribution in [3.05, 3.63) is 45.4 Å². The summed E-state index contributed by atoms with van der Waals surface area (Å²) in [5.74, 6) is -2.14. The normalized spacial score (nSPS) is 14.5. The molecule has 7 nitrogen and oxygen atoms in total. The third-order valence-electron chi connectivity index (χ3n) is 4.92. The van der Waals surface area contributed by atoms with Gasteiger partial charge in [0.15, 0.2) is 5.78 Å². The van der Waals surface area contributed by atoms with E-state index in [1.165, 1.54) is 4.88 Å². The molecular formula is C20H23N3O4S. The SMILES string of the molecule is CCCN1C(=O)C(=O)N(CC(=O)c2cc(C)n(CCc3cccs3)c2C)C1=O. The molecule has 2 aromatic heterocycles. The predicted octanol–water partition coefficient (Wildman–Crippen LogP) is 2.79. The summed E-state index contributed by atoms with van der Waals surface area (Å²) in [5.41, 5.74) is 2.22. The van der Waals surface area contributed by atoms with Gasteiger partial charge in [-0.3, -0.25) is 19.3 Å². The third-order valence-corrected chi connectivity index (χ3v) is 5.86. The maximum absolute atomic E-state index is 12.8. The number of carbonyl (C=O) groups is 4. The van der Waals surface area contributed by atoms with Crippen LogP contribution in [0.4, 0.5) is 4.79 Å². The molecule has 2 aromatic rings. The number of amides is 4. The molecule has 0 spiro atoms. The molecule has 3 rings (SSSR count). The molecule has 8 heteroatoms. The number of urea groups is 1. The highest BCUT2D eigenvalue weighted by Gasteiger charge is 2.44. The first-order valence-corrected chi connectivity index (χ1v) is 10.1. The minimum Gasteiger partial charge on any atom is -0.348 e. The summed E-state index contributed by atoms with van der Waals surface area (Å²) in [5, 5.41) is 2.03. The van der Waals surface area contributed by atoms with Crippen LogP contribution in [0.2, 0.25) is 0 Å². The van der Waals surface area contributed by atoms with Crippen LogP contribution in [-0.4, -0.2) is 51.1 Å². The lowest BCUT2D eigenvalue weighted by atomic mass is 10.1. The Balaban J connectivity index is 1.74. The van der Waals surface area contributed by atoms with Crippen LogP contribution in [-0.2, 0) is 22.6 Å². The molecule has 0 atom stereocenters. The van der Waals surface area contributed by atoms with E-state index in [0.717, 1.165) is 34.2 Å². The van der Waals surface area contributed by atoms with E-state index in [0.29, 0.717) is 12.0 Å². The van der Waals surface area contributed by atoms with Crippen LogP contribution in [0.1, 0.15) is 40.0 Å². The number of carbonyl (C=O) groups excluding carboxylic acids is 4. The van der Waals surface area contributed by atoms with E-state index >= 15 is 0 Å². The number of rotatable bonds is 8. The Kier molecular flexibility index (Phi) is 5.79. The number of Topliss-reactive ketones (excluding diaryl/α,β-unsaturated/α-hetero) is 1. The molecule has 0 bridgehead atoms. The number of nitrogens with zero attached hydrogens (tertiary/aromatic N) is 3. The van der Waals surface area contributed by atoms with Crippen LogP contribution in [0.3, 0.4) is 0 Å². The Hall–Kier alpha value is -2.74. The molecule has 1 saturated heterocycles. The molecule has 0 aliphatic carbocycles. The second-order valence-corrected chi connectivity index (χ2v) is 7.85. The zero-order valence-electron chi connectivity index (χ0n) is 16.2. The summed E-state index contributed by atoms with van der Waals surface area (Å²) < 4.78 is 2.06. The standard InChI is InChI=1S/C20H23N3O4S/c1-4-8-22-18(25)19(26)23(20(22)27)12-17(24)16-11-13(2)21(14(16)3)9-7-15-6-5-10-28-15/h5-6,10-11H,4,7-9,12H2,1-3H3. The van der Waals surface area contributed by atoms with Crippen molar-refractivity contribution in [1.82, 2.24) is 14.4 Å². The Morgan fingerprint density at radius 3 is 2.43 bits per heavy atom. The molecule has 148 valence electrons. The fourth-order valence-corrected chi connectivity index (χ4v) is 4.14. The van der Waals surface area contributed by atoms with Gasteiger partial charge in [-0.15, -0.1) is 11.3 Å². The number of hydrogen-bond acceptors (Lipinski definition) is 5. The van der Waals surface area contributed by atoms with Gasteiger partial charge in [0.1, 0.15) is 0 Å². The average Bonchev–Trinajstić information content (AvgIpc) is 3.33. The zero-order valence-corrected chi connectivity index (χ0v) is 17.0. The van der Waals surface area contributed by atoms with Gasteiger partial charge in [-0.1, -0.05) is 13.0 Å². The first kappa shape index (κ1) is 20.0. The van der Waals surface area contributed by atoms with E-state index < -0.39 is 24.4 Å². The summed E-state index contributed by atoms with van der Waals surface area (Å²) in [6.07, 6.45) is 1.42. The maximum atomic E-state index is 12.8. The van der Waals surface area contributed by atoms with E-state index in [4.69, 9.17) is 0 Å². The van der Waals surface area contributed by atoms with Crippen LogP contribution in [0.25, 0.3) is 0 Å². The maximum Gasteiger partial charge on any atom is 0.334 e. The first-order valence-electron chi connectivity index (χ1n) is 9.24. The fourth-order valence-electron chi connectivity index (χ4n) is 3.44. The monoisotopic (exact) mass is 401 g/mol. The molecule has 4 amide bonds. The number of imide groups is 2. The molecule has 0 N–H and O–H groups in total. The van der Waals surface area contributed by atoms with Crippen LogP contribution in [0, 0.1) is 13.8 Å². The Morgan fingerprint density at radius 2 is 1.79 bits per heavy atom. The highest BCUT2D eigenvalue weighted by atomic mass is 32.1. The summed E-state index contributed by atoms with van der Waals surface area (Å²) in [7, 11) is 0. The van der Waals surface area contributed by atoms with Crippen molar-refractivity contribution in [2.24, 2.45) is 0 Å². The highest BCUT2D eigenvalue weighted by molar-refractivity contribution is 7.09. The van der Waals surface area contributed by atoms with Crippen molar-refractivity contribution in [3.63, 3.8) is 0 Å².